The second-order valence-corrected chi connectivity index (χ2v) is 16.4. The highest BCUT2D eigenvalue weighted by Gasteiger charge is 2.42. The number of nitrogens with one attached hydrogen (secondary N) is 3. The van der Waals surface area contributed by atoms with E-state index in [-0.39, 0.29) is 23.7 Å². The molecule has 0 bridgehead atoms. The number of hydrogen-bond acceptors (Lipinski definition) is 10. The molecule has 5 N–H and O–H groups in total. The minimum absolute atomic E-state index is 0.000297. The molecule has 6 aromatic rings. The fourth-order valence-electron chi connectivity index (χ4n) is 6.73. The zero-order chi connectivity index (χ0) is 44.5. The minimum atomic E-state index is -3.84. The number of ketones is 1. The Morgan fingerprint density at radius 2 is 1.82 bits per heavy atom. The number of nitrogens with zero attached hydrogens (tertiary/aromatic N) is 4. The third kappa shape index (κ3) is 9.01. The van der Waals surface area contributed by atoms with Crippen LogP contribution in [0.4, 0.5) is 39.5 Å². The van der Waals surface area contributed by atoms with E-state index in [1.807, 2.05) is 0 Å². The Labute approximate surface area is 356 Å². The topological polar surface area (TPSA) is 204 Å². The number of halogens is 5. The van der Waals surface area contributed by atoms with Crippen LogP contribution in [0.5, 0.6) is 5.75 Å². The van der Waals surface area contributed by atoms with E-state index in [4.69, 9.17) is 26.8 Å². The van der Waals surface area contributed by atoms with Crippen LogP contribution in [0.1, 0.15) is 36.2 Å². The summed E-state index contributed by atoms with van der Waals surface area (Å²) < 4.78 is 94.7. The maximum absolute atomic E-state index is 15.1. The fourth-order valence-corrected chi connectivity index (χ4v) is 7.99. The third-order valence-corrected chi connectivity index (χ3v) is 11.6. The van der Waals surface area contributed by atoms with Crippen molar-refractivity contribution in [3.05, 3.63) is 107 Å². The number of primary amides is 1. The highest BCUT2D eigenvalue weighted by molar-refractivity contribution is 7.92. The number of alkyl halides is 2. The molecule has 2 amide bonds. The van der Waals surface area contributed by atoms with E-state index >= 15 is 4.39 Å². The van der Waals surface area contributed by atoms with Gasteiger partial charge in [-0.2, -0.15) is 0 Å². The largest absolute Gasteiger partial charge is 0.491 e. The first-order valence-corrected chi connectivity index (χ1v) is 21.0. The molecular weight excluding hydrogens is 860 g/mol. The smallest absolute Gasteiger partial charge is 0.416 e. The lowest BCUT2D eigenvalue weighted by Crippen LogP contribution is -2.38. The van der Waals surface area contributed by atoms with Crippen molar-refractivity contribution in [3.63, 3.8) is 0 Å². The molecule has 324 valence electrons. The predicted octanol–water partition coefficient (Wildman–Crippen LogP) is 7.36. The molecule has 8 rings (SSSR count). The van der Waals surface area contributed by atoms with Crippen LogP contribution in [0.25, 0.3) is 33.5 Å². The molecular formula is C41H37ClF4N8O7S. The number of rotatable bonds is 12. The maximum atomic E-state index is 15.1. The SMILES string of the molecule is CC(Nc1ccc2c(c1)OCCn1cc(N3C(=O)OCC3C(F)F)nc1-2)C(N)=O.CCCS(=O)(=O)Nc1ccc(F)c(C(=O)c2c[nH]c3ncc(-c4ccc(Cl)cc4)cc23)c1F. The van der Waals surface area contributed by atoms with Crippen molar-refractivity contribution >= 4 is 67.6 Å². The number of sulfonamides is 1. The summed E-state index contributed by atoms with van der Waals surface area (Å²) in [4.78, 5) is 48.8. The maximum Gasteiger partial charge on any atom is 0.416 e. The quantitative estimate of drug-likeness (QED) is 0.0710. The van der Waals surface area contributed by atoms with E-state index in [0.717, 1.165) is 22.6 Å². The average Bonchev–Trinajstić information content (AvgIpc) is 3.93. The van der Waals surface area contributed by atoms with Crippen molar-refractivity contribution in [2.24, 2.45) is 5.73 Å². The van der Waals surface area contributed by atoms with Gasteiger partial charge in [0.2, 0.25) is 21.7 Å². The second-order valence-electron chi connectivity index (χ2n) is 14.2. The van der Waals surface area contributed by atoms with E-state index in [9.17, 15) is 36.0 Å². The standard InChI is InChI=1S/C23H18ClF2N3O3S.C18H19F2N5O4/c1-2-9-33(31,32)29-19-8-7-18(25)20(21(19)26)22(30)17-12-28-23-16(17)10-14(11-27-23)13-3-5-15(24)6-4-13;1-9(16(21)26)22-10-2-3-11-13(6-10)28-5-4-24-7-14(23-17(11)24)25-12(15(19)20)8-29-18(25)27/h3-8,10-12,29H,2,9H2,1H3,(H,27,28);2-3,6-7,9,12,15,22H,4-5,8H2,1H3,(H2,21,26). The van der Waals surface area contributed by atoms with Crippen LogP contribution in [-0.4, -0.2) is 83.2 Å². The number of imidazole rings is 1. The molecule has 15 nitrogen and oxygen atoms in total. The first-order chi connectivity index (χ1) is 29.5. The molecule has 1 fully saturated rings. The van der Waals surface area contributed by atoms with Crippen molar-refractivity contribution in [2.45, 2.75) is 45.3 Å². The number of pyridine rings is 1. The van der Waals surface area contributed by atoms with Crippen LogP contribution in [0.3, 0.4) is 0 Å². The van der Waals surface area contributed by atoms with Gasteiger partial charge < -0.3 is 30.1 Å². The molecule has 0 saturated carbocycles. The number of aromatic amines is 1. The predicted molar refractivity (Wildman–Crippen MR) is 223 cm³/mol. The van der Waals surface area contributed by atoms with Gasteiger partial charge >= 0.3 is 6.09 Å². The van der Waals surface area contributed by atoms with Gasteiger partial charge in [0.15, 0.2) is 11.6 Å². The lowest BCUT2D eigenvalue weighted by molar-refractivity contribution is -0.118. The fraction of sp³-hybridized carbons (Fsp3) is 0.244. The first-order valence-electron chi connectivity index (χ1n) is 19.0. The lowest BCUT2D eigenvalue weighted by atomic mass is 10.00. The van der Waals surface area contributed by atoms with Gasteiger partial charge in [-0.3, -0.25) is 14.3 Å². The molecule has 0 radical (unpaired) electrons. The Balaban J connectivity index is 0.000000188. The highest BCUT2D eigenvalue weighted by atomic mass is 35.5. The number of ether oxygens (including phenoxy) is 2. The Morgan fingerprint density at radius 3 is 2.53 bits per heavy atom. The molecule has 62 heavy (non-hydrogen) atoms. The Kier molecular flexibility index (Phi) is 12.4. The van der Waals surface area contributed by atoms with Gasteiger partial charge in [0.25, 0.3) is 6.43 Å². The Morgan fingerprint density at radius 1 is 1.06 bits per heavy atom. The summed E-state index contributed by atoms with van der Waals surface area (Å²) in [6, 6.07) is 13.7. The number of H-pyrrole nitrogens is 1. The Hall–Kier alpha value is -6.67. The number of carbonyl (C=O) groups excluding carboxylic acids is 3. The van der Waals surface area contributed by atoms with Crippen molar-refractivity contribution in [1.29, 1.82) is 0 Å². The molecule has 1 saturated heterocycles. The van der Waals surface area contributed by atoms with Gasteiger partial charge in [0.1, 0.15) is 48.3 Å². The number of carbonyl (C=O) groups is 3. The zero-order valence-electron chi connectivity index (χ0n) is 32.8. The van der Waals surface area contributed by atoms with E-state index in [1.165, 1.54) is 12.4 Å². The van der Waals surface area contributed by atoms with E-state index in [2.05, 4.69) is 25.0 Å². The Bertz CT molecular complexity index is 2800. The molecule has 3 aromatic carbocycles. The van der Waals surface area contributed by atoms with Crippen LogP contribution in [-0.2, 0) is 26.1 Å². The van der Waals surface area contributed by atoms with Crippen LogP contribution in [0, 0.1) is 11.6 Å². The van der Waals surface area contributed by atoms with Gasteiger partial charge in [0, 0.05) is 51.9 Å². The normalized spacial score (nSPS) is 15.1. The van der Waals surface area contributed by atoms with E-state index < -0.39 is 69.2 Å². The van der Waals surface area contributed by atoms with E-state index in [1.54, 1.807) is 73.1 Å². The molecule has 2 aliphatic heterocycles. The highest BCUT2D eigenvalue weighted by Crippen LogP contribution is 2.37. The van der Waals surface area contributed by atoms with Crippen molar-refractivity contribution in [2.75, 3.05) is 33.9 Å². The average molecular weight is 897 g/mol. The van der Waals surface area contributed by atoms with Crippen LogP contribution in [0.2, 0.25) is 5.02 Å². The monoisotopic (exact) mass is 896 g/mol. The second kappa shape index (κ2) is 17.7. The van der Waals surface area contributed by atoms with Crippen LogP contribution >= 0.6 is 11.6 Å². The summed E-state index contributed by atoms with van der Waals surface area (Å²) in [5.41, 5.74) is 7.02. The van der Waals surface area contributed by atoms with Crippen molar-refractivity contribution < 1.29 is 49.8 Å². The molecule has 2 aliphatic rings. The summed E-state index contributed by atoms with van der Waals surface area (Å²) >= 11 is 5.93. The number of anilines is 3. The molecule has 3 aromatic heterocycles. The molecule has 2 atom stereocenters. The lowest BCUT2D eigenvalue weighted by Gasteiger charge is -2.17. The van der Waals surface area contributed by atoms with Gasteiger partial charge in [-0.15, -0.1) is 0 Å². The third-order valence-electron chi connectivity index (χ3n) is 9.84. The minimum Gasteiger partial charge on any atom is -0.491 e. The van der Waals surface area contributed by atoms with Gasteiger partial charge in [0.05, 0.1) is 29.1 Å². The summed E-state index contributed by atoms with van der Waals surface area (Å²) in [5, 5.41) is 3.90. The number of nitrogens with two attached hydrogens (primary N) is 1. The van der Waals surface area contributed by atoms with Crippen molar-refractivity contribution in [1.82, 2.24) is 19.5 Å². The number of fused-ring (bicyclic) bond motifs is 4. The van der Waals surface area contributed by atoms with Crippen molar-refractivity contribution in [3.8, 4) is 28.3 Å². The molecule has 0 aliphatic carbocycles. The molecule has 0 spiro atoms. The number of aromatic nitrogens is 4. The first kappa shape index (κ1) is 43.4. The van der Waals surface area contributed by atoms with Gasteiger partial charge in [-0.05, 0) is 61.4 Å². The van der Waals surface area contributed by atoms with Crippen LogP contribution in [0.15, 0.2) is 79.3 Å². The van der Waals surface area contributed by atoms with Gasteiger partial charge in [-0.25, -0.2) is 45.6 Å². The molecule has 5 heterocycles. The summed E-state index contributed by atoms with van der Waals surface area (Å²) in [5.74, 6) is -2.97. The van der Waals surface area contributed by atoms with Crippen LogP contribution < -0.4 is 25.4 Å². The number of amides is 2. The molecule has 21 heteroatoms. The number of cyclic esters (lactones) is 1. The summed E-state index contributed by atoms with van der Waals surface area (Å²) in [7, 11) is -3.84. The van der Waals surface area contributed by atoms with Gasteiger partial charge in [-0.1, -0.05) is 30.7 Å². The summed E-state index contributed by atoms with van der Waals surface area (Å²) in [6.45, 7) is 3.64. The molecule has 2 unspecified atom stereocenters. The van der Waals surface area contributed by atoms with E-state index in [0.29, 0.717) is 64.0 Å². The summed E-state index contributed by atoms with van der Waals surface area (Å²) in [6.07, 6.45) is 1.16. The number of hydrogen-bond donors (Lipinski definition) is 4. The zero-order valence-corrected chi connectivity index (χ0v) is 34.4. The number of benzene rings is 3.